The molecule has 1 amide bonds. The highest BCUT2D eigenvalue weighted by atomic mass is 16.6. The van der Waals surface area contributed by atoms with E-state index in [0.717, 1.165) is 12.0 Å². The topological polar surface area (TPSA) is 111 Å². The van der Waals surface area contributed by atoms with E-state index >= 15 is 0 Å². The maximum atomic E-state index is 12.5. The summed E-state index contributed by atoms with van der Waals surface area (Å²) in [6, 6.07) is 15.4. The highest BCUT2D eigenvalue weighted by Gasteiger charge is 2.26. The van der Waals surface area contributed by atoms with Gasteiger partial charge in [0.05, 0.1) is 4.92 Å². The largest absolute Gasteiger partial charge is 0.344 e. The van der Waals surface area contributed by atoms with Crippen LogP contribution in [-0.2, 0) is 11.2 Å². The van der Waals surface area contributed by atoms with Gasteiger partial charge in [-0.15, -0.1) is 0 Å². The molecule has 0 saturated heterocycles. The number of non-ortho nitro benzene ring substituents is 1. The van der Waals surface area contributed by atoms with E-state index in [9.17, 15) is 14.9 Å². The Hall–Kier alpha value is -3.55. The van der Waals surface area contributed by atoms with Crippen LogP contribution in [-0.4, -0.2) is 21.0 Å². The summed E-state index contributed by atoms with van der Waals surface area (Å²) in [6.45, 7) is 4.02. The lowest BCUT2D eigenvalue weighted by Crippen LogP contribution is -2.32. The maximum Gasteiger partial charge on any atom is 0.270 e. The van der Waals surface area contributed by atoms with Crippen LogP contribution in [0.25, 0.3) is 11.4 Å². The number of nitrogens with one attached hydrogen (secondary N) is 1. The van der Waals surface area contributed by atoms with Gasteiger partial charge in [0.1, 0.15) is 6.04 Å². The van der Waals surface area contributed by atoms with Crippen molar-refractivity contribution in [2.24, 2.45) is 5.92 Å². The fraction of sp³-hybridized carbons (Fsp3) is 0.318. The van der Waals surface area contributed by atoms with E-state index in [0.29, 0.717) is 24.3 Å². The molecule has 0 spiro atoms. The third kappa shape index (κ3) is 5.28. The smallest absolute Gasteiger partial charge is 0.270 e. The molecule has 3 rings (SSSR count). The summed E-state index contributed by atoms with van der Waals surface area (Å²) < 4.78 is 5.42. The summed E-state index contributed by atoms with van der Waals surface area (Å²) in [6.07, 6.45) is 1.80. The minimum absolute atomic E-state index is 0.0495. The van der Waals surface area contributed by atoms with Crippen LogP contribution in [0, 0.1) is 16.0 Å². The lowest BCUT2D eigenvalue weighted by atomic mass is 9.98. The van der Waals surface area contributed by atoms with E-state index in [1.165, 1.54) is 12.1 Å². The number of benzene rings is 2. The Morgan fingerprint density at radius 3 is 2.67 bits per heavy atom. The molecule has 156 valence electrons. The molecule has 1 N–H and O–H groups in total. The van der Waals surface area contributed by atoms with Crippen LogP contribution in [0.3, 0.4) is 0 Å². The molecular weight excluding hydrogens is 384 g/mol. The number of hydrogen-bond acceptors (Lipinski definition) is 6. The lowest BCUT2D eigenvalue weighted by Gasteiger charge is -2.20. The van der Waals surface area contributed by atoms with Gasteiger partial charge in [0.15, 0.2) is 0 Å². The molecule has 8 nitrogen and oxygen atoms in total. The number of carbonyl (C=O) groups excluding carboxylic acids is 1. The summed E-state index contributed by atoms with van der Waals surface area (Å²) in [5.41, 5.74) is 1.53. The molecule has 0 aliphatic heterocycles. The van der Waals surface area contributed by atoms with E-state index in [1.807, 2.05) is 44.2 Å². The van der Waals surface area contributed by atoms with Crippen molar-refractivity contribution in [2.45, 2.75) is 39.2 Å². The second-order valence-electron chi connectivity index (χ2n) is 7.18. The molecule has 2 atom stereocenters. The van der Waals surface area contributed by atoms with Gasteiger partial charge in [0, 0.05) is 24.1 Å². The number of nitro groups is 1. The van der Waals surface area contributed by atoms with Crippen molar-refractivity contribution in [2.75, 3.05) is 0 Å². The van der Waals surface area contributed by atoms with E-state index in [1.54, 1.807) is 12.1 Å². The average Bonchev–Trinajstić information content (AvgIpc) is 3.26. The van der Waals surface area contributed by atoms with E-state index in [4.69, 9.17) is 4.52 Å². The second kappa shape index (κ2) is 9.78. The van der Waals surface area contributed by atoms with Crippen molar-refractivity contribution in [1.82, 2.24) is 15.5 Å². The van der Waals surface area contributed by atoms with Crippen molar-refractivity contribution in [3.05, 3.63) is 76.2 Å². The van der Waals surface area contributed by atoms with Crippen LogP contribution >= 0.6 is 0 Å². The SMILES string of the molecule is CC[C@H](C)[C@H](NC(=O)CCc1ccccc1)c1nc(-c2cccc([N+](=O)[O-])c2)no1. The first-order chi connectivity index (χ1) is 14.5. The predicted molar refractivity (Wildman–Crippen MR) is 111 cm³/mol. The van der Waals surface area contributed by atoms with E-state index in [2.05, 4.69) is 15.5 Å². The molecule has 0 aliphatic rings. The third-order valence-corrected chi connectivity index (χ3v) is 5.04. The number of nitro benzene ring substituents is 1. The monoisotopic (exact) mass is 408 g/mol. The second-order valence-corrected chi connectivity index (χ2v) is 7.18. The van der Waals surface area contributed by atoms with Gasteiger partial charge in [0.25, 0.3) is 5.69 Å². The van der Waals surface area contributed by atoms with E-state index < -0.39 is 11.0 Å². The molecule has 1 heterocycles. The summed E-state index contributed by atoms with van der Waals surface area (Å²) in [4.78, 5) is 27.5. The minimum Gasteiger partial charge on any atom is -0.344 e. The number of aryl methyl sites for hydroxylation is 1. The van der Waals surface area contributed by atoms with Crippen molar-refractivity contribution < 1.29 is 14.2 Å². The van der Waals surface area contributed by atoms with Crippen molar-refractivity contribution >= 4 is 11.6 Å². The Kier molecular flexibility index (Phi) is 6.90. The van der Waals surface area contributed by atoms with Gasteiger partial charge in [-0.2, -0.15) is 4.98 Å². The quantitative estimate of drug-likeness (QED) is 0.413. The standard InChI is InChI=1S/C22H24N4O4/c1-3-15(2)20(23-19(27)13-12-16-8-5-4-6-9-16)22-24-21(25-30-22)17-10-7-11-18(14-17)26(28)29/h4-11,14-15,20H,3,12-13H2,1-2H3,(H,23,27)/t15-,20-/m0/s1. The van der Waals surface area contributed by atoms with Crippen LogP contribution in [0.5, 0.6) is 0 Å². The van der Waals surface area contributed by atoms with Gasteiger partial charge in [-0.25, -0.2) is 0 Å². The van der Waals surface area contributed by atoms with E-state index in [-0.39, 0.29) is 23.3 Å². The summed E-state index contributed by atoms with van der Waals surface area (Å²) >= 11 is 0. The highest BCUT2D eigenvalue weighted by Crippen LogP contribution is 2.27. The Morgan fingerprint density at radius 2 is 1.97 bits per heavy atom. The Balaban J connectivity index is 1.73. The first-order valence-corrected chi connectivity index (χ1v) is 9.89. The molecule has 3 aromatic rings. The third-order valence-electron chi connectivity index (χ3n) is 5.04. The summed E-state index contributed by atoms with van der Waals surface area (Å²) in [5.74, 6) is 0.516. The molecule has 8 heteroatoms. The fourth-order valence-electron chi connectivity index (χ4n) is 3.07. The summed E-state index contributed by atoms with van der Waals surface area (Å²) in [7, 11) is 0. The molecule has 2 aromatic carbocycles. The number of nitrogens with zero attached hydrogens (tertiary/aromatic N) is 3. The fourth-order valence-corrected chi connectivity index (χ4v) is 3.07. The minimum atomic E-state index is -0.473. The first kappa shape index (κ1) is 21.2. The first-order valence-electron chi connectivity index (χ1n) is 9.89. The van der Waals surface area contributed by atoms with Crippen molar-refractivity contribution in [3.8, 4) is 11.4 Å². The van der Waals surface area contributed by atoms with Gasteiger partial charge in [0.2, 0.25) is 17.6 Å². The van der Waals surface area contributed by atoms with Crippen LogP contribution < -0.4 is 5.32 Å². The van der Waals surface area contributed by atoms with Gasteiger partial charge < -0.3 is 9.84 Å². The molecule has 0 aliphatic carbocycles. The normalized spacial score (nSPS) is 12.9. The molecule has 0 saturated carbocycles. The molecule has 0 fully saturated rings. The van der Waals surface area contributed by atoms with Crippen molar-refractivity contribution in [3.63, 3.8) is 0 Å². The molecule has 30 heavy (non-hydrogen) atoms. The Bertz CT molecular complexity index is 1000. The van der Waals surface area contributed by atoms with Crippen LogP contribution in [0.1, 0.15) is 44.2 Å². The number of amides is 1. The maximum absolute atomic E-state index is 12.5. The van der Waals surface area contributed by atoms with Crippen LogP contribution in [0.2, 0.25) is 0 Å². The number of aromatic nitrogens is 2. The lowest BCUT2D eigenvalue weighted by molar-refractivity contribution is -0.384. The van der Waals surface area contributed by atoms with Crippen molar-refractivity contribution in [1.29, 1.82) is 0 Å². The molecule has 0 bridgehead atoms. The van der Waals surface area contributed by atoms with Gasteiger partial charge >= 0.3 is 0 Å². The zero-order valence-electron chi connectivity index (χ0n) is 16.9. The Labute approximate surface area is 174 Å². The molecular formula is C22H24N4O4. The number of carbonyl (C=O) groups is 1. The van der Waals surface area contributed by atoms with Crippen LogP contribution in [0.4, 0.5) is 5.69 Å². The highest BCUT2D eigenvalue weighted by molar-refractivity contribution is 5.76. The van der Waals surface area contributed by atoms with Gasteiger partial charge in [-0.3, -0.25) is 14.9 Å². The summed E-state index contributed by atoms with van der Waals surface area (Å²) in [5, 5.41) is 18.0. The number of hydrogen-bond donors (Lipinski definition) is 1. The average molecular weight is 408 g/mol. The van der Waals surface area contributed by atoms with Crippen LogP contribution in [0.15, 0.2) is 59.1 Å². The molecule has 0 unspecified atom stereocenters. The Morgan fingerprint density at radius 1 is 1.20 bits per heavy atom. The molecule has 1 aromatic heterocycles. The predicted octanol–water partition coefficient (Wildman–Crippen LogP) is 4.48. The zero-order chi connectivity index (χ0) is 21.5. The van der Waals surface area contributed by atoms with Gasteiger partial charge in [-0.1, -0.05) is 67.9 Å². The van der Waals surface area contributed by atoms with Gasteiger partial charge in [-0.05, 0) is 17.9 Å². The zero-order valence-corrected chi connectivity index (χ0v) is 16.9. The number of rotatable bonds is 9. The molecule has 0 radical (unpaired) electrons.